The highest BCUT2D eigenvalue weighted by Crippen LogP contribution is 2.31. The van der Waals surface area contributed by atoms with E-state index in [4.69, 9.17) is 5.73 Å². The Morgan fingerprint density at radius 1 is 1.50 bits per heavy atom. The molecule has 0 saturated carbocycles. The van der Waals surface area contributed by atoms with E-state index in [1.54, 1.807) is 10.4 Å². The number of hydrogen-bond donors (Lipinski definition) is 1. The fourth-order valence-electron chi connectivity index (χ4n) is 2.53. The maximum absolute atomic E-state index is 12.6. The van der Waals surface area contributed by atoms with Gasteiger partial charge in [0.1, 0.15) is 4.21 Å². The highest BCUT2D eigenvalue weighted by Gasteiger charge is 2.36. The molecule has 1 aromatic heterocycles. The lowest BCUT2D eigenvalue weighted by molar-refractivity contribution is 0.193. The molecular weight excluding hydrogens is 268 g/mol. The van der Waals surface area contributed by atoms with Crippen molar-refractivity contribution in [1.82, 2.24) is 4.31 Å². The first-order valence-corrected chi connectivity index (χ1v) is 8.51. The number of aryl methyl sites for hydroxylation is 1. The molecule has 1 aliphatic rings. The number of sulfonamides is 1. The van der Waals surface area contributed by atoms with Gasteiger partial charge in [0.05, 0.1) is 0 Å². The lowest BCUT2D eigenvalue weighted by atomic mass is 9.93. The second kappa shape index (κ2) is 5.28. The summed E-state index contributed by atoms with van der Waals surface area (Å²) in [6.45, 7) is 4.98. The highest BCUT2D eigenvalue weighted by molar-refractivity contribution is 7.91. The van der Waals surface area contributed by atoms with Crippen molar-refractivity contribution in [2.45, 2.75) is 36.9 Å². The van der Waals surface area contributed by atoms with Gasteiger partial charge >= 0.3 is 0 Å². The topological polar surface area (TPSA) is 63.4 Å². The Morgan fingerprint density at radius 3 is 2.78 bits per heavy atom. The van der Waals surface area contributed by atoms with Crippen LogP contribution < -0.4 is 5.73 Å². The van der Waals surface area contributed by atoms with Crippen molar-refractivity contribution in [2.24, 2.45) is 11.7 Å². The second-order valence-electron chi connectivity index (χ2n) is 4.90. The first-order valence-electron chi connectivity index (χ1n) is 6.25. The van der Waals surface area contributed by atoms with E-state index in [1.807, 2.05) is 13.0 Å². The van der Waals surface area contributed by atoms with Gasteiger partial charge in [0, 0.05) is 24.0 Å². The van der Waals surface area contributed by atoms with Crippen LogP contribution in [0.2, 0.25) is 0 Å². The van der Waals surface area contributed by atoms with E-state index in [9.17, 15) is 8.42 Å². The van der Waals surface area contributed by atoms with Crippen LogP contribution in [-0.4, -0.2) is 31.9 Å². The summed E-state index contributed by atoms with van der Waals surface area (Å²) in [7, 11) is -3.36. The van der Waals surface area contributed by atoms with E-state index >= 15 is 0 Å². The molecule has 0 spiro atoms. The molecule has 2 heterocycles. The number of nitrogens with zero attached hydrogens (tertiary/aromatic N) is 1. The zero-order valence-electron chi connectivity index (χ0n) is 10.8. The van der Waals surface area contributed by atoms with Gasteiger partial charge in [-0.25, -0.2) is 8.42 Å². The predicted molar refractivity (Wildman–Crippen MR) is 74.2 cm³/mol. The average molecular weight is 288 g/mol. The van der Waals surface area contributed by atoms with Crippen molar-refractivity contribution in [3.05, 3.63) is 17.0 Å². The van der Waals surface area contributed by atoms with Crippen molar-refractivity contribution in [1.29, 1.82) is 0 Å². The molecule has 2 rings (SSSR count). The normalized spacial score (nSPS) is 26.4. The van der Waals surface area contributed by atoms with E-state index < -0.39 is 10.0 Å². The van der Waals surface area contributed by atoms with Crippen molar-refractivity contribution in [2.75, 3.05) is 13.1 Å². The molecule has 0 radical (unpaired) electrons. The summed E-state index contributed by atoms with van der Waals surface area (Å²) in [5.74, 6) is 0.333. The van der Waals surface area contributed by atoms with Crippen LogP contribution in [0.5, 0.6) is 0 Å². The summed E-state index contributed by atoms with van der Waals surface area (Å²) in [6, 6.07) is 3.48. The smallest absolute Gasteiger partial charge is 0.252 e. The SMILES string of the molecule is Cc1ccc(S(=O)(=O)N2CCCC(C)C2CN)s1. The molecule has 0 amide bonds. The van der Waals surface area contributed by atoms with Gasteiger partial charge in [-0.3, -0.25) is 0 Å². The van der Waals surface area contributed by atoms with Crippen molar-refractivity contribution >= 4 is 21.4 Å². The highest BCUT2D eigenvalue weighted by atomic mass is 32.2. The van der Waals surface area contributed by atoms with Gasteiger partial charge in [0.25, 0.3) is 10.0 Å². The fourth-order valence-corrected chi connectivity index (χ4v) is 5.71. The van der Waals surface area contributed by atoms with E-state index in [-0.39, 0.29) is 6.04 Å². The Kier molecular flexibility index (Phi) is 4.11. The lowest BCUT2D eigenvalue weighted by Crippen LogP contribution is -2.51. The van der Waals surface area contributed by atoms with Crippen LogP contribution in [-0.2, 0) is 10.0 Å². The first-order chi connectivity index (χ1) is 8.46. The third kappa shape index (κ3) is 2.47. The summed E-state index contributed by atoms with van der Waals surface area (Å²) in [6.07, 6.45) is 1.97. The maximum Gasteiger partial charge on any atom is 0.252 e. The molecule has 6 heteroatoms. The molecular formula is C12H20N2O2S2. The van der Waals surface area contributed by atoms with E-state index in [1.165, 1.54) is 11.3 Å². The number of hydrogen-bond acceptors (Lipinski definition) is 4. The Balaban J connectivity index is 2.34. The Morgan fingerprint density at radius 2 is 2.22 bits per heavy atom. The molecule has 4 nitrogen and oxygen atoms in total. The van der Waals surface area contributed by atoms with Gasteiger partial charge in [-0.1, -0.05) is 6.92 Å². The maximum atomic E-state index is 12.6. The number of nitrogens with two attached hydrogens (primary N) is 1. The van der Waals surface area contributed by atoms with Crippen molar-refractivity contribution < 1.29 is 8.42 Å². The van der Waals surface area contributed by atoms with Gasteiger partial charge in [-0.15, -0.1) is 11.3 Å². The van der Waals surface area contributed by atoms with Crippen LogP contribution in [0.3, 0.4) is 0 Å². The Hall–Kier alpha value is -0.430. The number of piperidine rings is 1. The lowest BCUT2D eigenvalue weighted by Gasteiger charge is -2.37. The Labute approximate surface area is 113 Å². The minimum atomic E-state index is -3.36. The molecule has 1 fully saturated rings. The average Bonchev–Trinajstić information content (AvgIpc) is 2.76. The van der Waals surface area contributed by atoms with Gasteiger partial charge in [0.15, 0.2) is 0 Å². The third-order valence-electron chi connectivity index (χ3n) is 3.58. The van der Waals surface area contributed by atoms with Crippen LogP contribution >= 0.6 is 11.3 Å². The third-order valence-corrected chi connectivity index (χ3v) is 6.98. The molecule has 0 aromatic carbocycles. The molecule has 2 N–H and O–H groups in total. The van der Waals surface area contributed by atoms with Crippen LogP contribution in [0.25, 0.3) is 0 Å². The van der Waals surface area contributed by atoms with Crippen LogP contribution in [0.1, 0.15) is 24.6 Å². The van der Waals surface area contributed by atoms with Gasteiger partial charge in [-0.2, -0.15) is 4.31 Å². The molecule has 2 atom stereocenters. The molecule has 0 bridgehead atoms. The molecule has 102 valence electrons. The minimum Gasteiger partial charge on any atom is -0.329 e. The van der Waals surface area contributed by atoms with Crippen molar-refractivity contribution in [3.63, 3.8) is 0 Å². The van der Waals surface area contributed by atoms with Gasteiger partial charge < -0.3 is 5.73 Å². The monoisotopic (exact) mass is 288 g/mol. The number of rotatable bonds is 3. The summed E-state index contributed by atoms with van der Waals surface area (Å²) in [4.78, 5) is 1.02. The molecule has 2 unspecified atom stereocenters. The number of thiophene rings is 1. The summed E-state index contributed by atoms with van der Waals surface area (Å²) in [5, 5.41) is 0. The quantitative estimate of drug-likeness (QED) is 0.922. The fraction of sp³-hybridized carbons (Fsp3) is 0.667. The molecule has 1 saturated heterocycles. The van der Waals surface area contributed by atoms with Crippen LogP contribution in [0, 0.1) is 12.8 Å². The van der Waals surface area contributed by atoms with Crippen LogP contribution in [0.15, 0.2) is 16.3 Å². The molecule has 18 heavy (non-hydrogen) atoms. The predicted octanol–water partition coefficient (Wildman–Crippen LogP) is 1.80. The second-order valence-corrected chi connectivity index (χ2v) is 8.31. The molecule has 1 aliphatic heterocycles. The Bertz CT molecular complexity index is 510. The molecule has 1 aromatic rings. The van der Waals surface area contributed by atoms with Gasteiger partial charge in [-0.05, 0) is 37.8 Å². The summed E-state index contributed by atoms with van der Waals surface area (Å²) < 4.78 is 27.2. The zero-order chi connectivity index (χ0) is 13.3. The van der Waals surface area contributed by atoms with E-state index in [0.29, 0.717) is 23.2 Å². The van der Waals surface area contributed by atoms with E-state index in [0.717, 1.165) is 17.7 Å². The van der Waals surface area contributed by atoms with Crippen molar-refractivity contribution in [3.8, 4) is 0 Å². The van der Waals surface area contributed by atoms with Crippen LogP contribution in [0.4, 0.5) is 0 Å². The standard InChI is InChI=1S/C12H20N2O2S2/c1-9-4-3-7-14(11(9)8-13)18(15,16)12-6-5-10(2)17-12/h5-6,9,11H,3-4,7-8,13H2,1-2H3. The molecule has 0 aliphatic carbocycles. The van der Waals surface area contributed by atoms with E-state index in [2.05, 4.69) is 6.92 Å². The minimum absolute atomic E-state index is 0.0637. The summed E-state index contributed by atoms with van der Waals surface area (Å²) >= 11 is 1.33. The van der Waals surface area contributed by atoms with Gasteiger partial charge in [0.2, 0.25) is 0 Å². The first kappa shape index (κ1) is 14.0. The zero-order valence-corrected chi connectivity index (χ0v) is 12.4. The summed E-state index contributed by atoms with van der Waals surface area (Å²) in [5.41, 5.74) is 5.76. The largest absolute Gasteiger partial charge is 0.329 e.